The lowest BCUT2D eigenvalue weighted by molar-refractivity contribution is 0.102. The Kier molecular flexibility index (Phi) is 5.34. The summed E-state index contributed by atoms with van der Waals surface area (Å²) in [5.41, 5.74) is 1.27. The average Bonchev–Trinajstić information content (AvgIpc) is 2.72. The highest BCUT2D eigenvalue weighted by Crippen LogP contribution is 2.23. The smallest absolute Gasteiger partial charge is 0.274 e. The lowest BCUT2D eigenvalue weighted by Gasteiger charge is -2.11. The number of aromatic nitrogens is 2. The van der Waals surface area contributed by atoms with Gasteiger partial charge in [-0.25, -0.2) is 4.98 Å². The van der Waals surface area contributed by atoms with E-state index in [-0.39, 0.29) is 16.4 Å². The number of nitrogens with one attached hydrogen (secondary N) is 1. The zero-order valence-electron chi connectivity index (χ0n) is 15.1. The summed E-state index contributed by atoms with van der Waals surface area (Å²) in [7, 11) is 0. The Hall–Kier alpha value is -3.15. The van der Waals surface area contributed by atoms with E-state index in [1.807, 2.05) is 42.5 Å². The maximum absolute atomic E-state index is 12.7. The fourth-order valence-electron chi connectivity index (χ4n) is 3.01. The number of rotatable bonds is 4. The molecule has 0 radical (unpaired) electrons. The van der Waals surface area contributed by atoms with E-state index >= 15 is 0 Å². The third-order valence-electron chi connectivity index (χ3n) is 4.47. The van der Waals surface area contributed by atoms with Crippen LogP contribution in [-0.4, -0.2) is 15.5 Å². The van der Waals surface area contributed by atoms with Crippen LogP contribution in [0.4, 0.5) is 5.69 Å². The maximum Gasteiger partial charge on any atom is 0.274 e. The van der Waals surface area contributed by atoms with E-state index in [2.05, 4.69) is 10.3 Å². The first-order chi connectivity index (χ1) is 14.0. The summed E-state index contributed by atoms with van der Waals surface area (Å²) >= 11 is 12.4. The molecule has 0 saturated heterocycles. The van der Waals surface area contributed by atoms with Crippen LogP contribution in [0.5, 0.6) is 0 Å². The molecular formula is C22H15Cl2N3O2. The van der Waals surface area contributed by atoms with Crippen LogP contribution in [0.2, 0.25) is 10.2 Å². The number of hydrogen-bond donors (Lipinski definition) is 1. The lowest BCUT2D eigenvalue weighted by atomic mass is 10.1. The third-order valence-corrected chi connectivity index (χ3v) is 5.12. The summed E-state index contributed by atoms with van der Waals surface area (Å²) in [5, 5.41) is 5.20. The fourth-order valence-corrected chi connectivity index (χ4v) is 3.47. The van der Waals surface area contributed by atoms with E-state index < -0.39 is 5.91 Å². The minimum absolute atomic E-state index is 0.192. The van der Waals surface area contributed by atoms with Crippen LogP contribution in [0.3, 0.4) is 0 Å². The van der Waals surface area contributed by atoms with Gasteiger partial charge in [0.2, 0.25) is 0 Å². The molecule has 0 fully saturated rings. The second-order valence-corrected chi connectivity index (χ2v) is 7.21. The minimum Gasteiger partial charge on any atom is -0.319 e. The van der Waals surface area contributed by atoms with E-state index in [0.29, 0.717) is 17.3 Å². The normalized spacial score (nSPS) is 10.8. The van der Waals surface area contributed by atoms with Gasteiger partial charge < -0.3 is 9.88 Å². The molecule has 29 heavy (non-hydrogen) atoms. The summed E-state index contributed by atoms with van der Waals surface area (Å²) in [6.07, 6.45) is 1.58. The van der Waals surface area contributed by atoms with Crippen LogP contribution in [0, 0.1) is 0 Å². The number of carbonyl (C=O) groups is 1. The van der Waals surface area contributed by atoms with Crippen LogP contribution in [-0.2, 0) is 6.54 Å². The molecule has 7 heteroatoms. The van der Waals surface area contributed by atoms with Crippen molar-refractivity contribution in [2.75, 3.05) is 5.32 Å². The highest BCUT2D eigenvalue weighted by molar-refractivity contribution is 6.34. The van der Waals surface area contributed by atoms with Gasteiger partial charge in [0.15, 0.2) is 0 Å². The second-order valence-electron chi connectivity index (χ2n) is 6.45. The molecule has 0 aliphatic rings. The fraction of sp³-hybridized carbons (Fsp3) is 0.0455. The Labute approximate surface area is 176 Å². The molecule has 1 amide bonds. The molecule has 144 valence electrons. The third kappa shape index (κ3) is 4.16. The molecule has 2 aromatic heterocycles. The SMILES string of the molecule is O=C(Nc1ccc(=O)n(Cc2ccccc2Cl)c1)c1cc2ccccc2c(Cl)n1. The first kappa shape index (κ1) is 19.2. The summed E-state index contributed by atoms with van der Waals surface area (Å²) < 4.78 is 1.48. The largest absolute Gasteiger partial charge is 0.319 e. The van der Waals surface area contributed by atoms with Crippen LogP contribution in [0.15, 0.2) is 77.7 Å². The summed E-state index contributed by atoms with van der Waals surface area (Å²) in [6.45, 7) is 0.294. The number of carbonyl (C=O) groups excluding carboxylic acids is 1. The molecule has 5 nitrogen and oxygen atoms in total. The number of benzene rings is 2. The standard InChI is InChI=1S/C22H15Cl2N3O2/c23-18-8-4-2-6-15(18)12-27-13-16(9-10-20(27)28)25-22(29)19-11-14-5-1-3-7-17(14)21(24)26-19/h1-11,13H,12H2,(H,25,29). The van der Waals surface area contributed by atoms with Crippen molar-refractivity contribution in [3.05, 3.63) is 105 Å². The quantitative estimate of drug-likeness (QED) is 0.469. The molecule has 4 aromatic rings. The number of fused-ring (bicyclic) bond motifs is 1. The zero-order chi connectivity index (χ0) is 20.4. The number of amides is 1. The van der Waals surface area contributed by atoms with Crippen molar-refractivity contribution in [3.8, 4) is 0 Å². The molecular weight excluding hydrogens is 409 g/mol. The van der Waals surface area contributed by atoms with Crippen molar-refractivity contribution in [2.45, 2.75) is 6.54 Å². The molecule has 0 atom stereocenters. The van der Waals surface area contributed by atoms with Crippen LogP contribution >= 0.6 is 23.2 Å². The van der Waals surface area contributed by atoms with Gasteiger partial charge in [0, 0.05) is 22.7 Å². The van der Waals surface area contributed by atoms with E-state index in [1.54, 1.807) is 24.4 Å². The van der Waals surface area contributed by atoms with Crippen LogP contribution in [0.1, 0.15) is 16.1 Å². The van der Waals surface area contributed by atoms with E-state index in [0.717, 1.165) is 16.3 Å². The van der Waals surface area contributed by atoms with Crippen LogP contribution < -0.4 is 10.9 Å². The number of anilines is 1. The Morgan fingerprint density at radius 1 is 1.00 bits per heavy atom. The number of halogens is 2. The van der Waals surface area contributed by atoms with Crippen molar-refractivity contribution in [2.24, 2.45) is 0 Å². The van der Waals surface area contributed by atoms with Gasteiger partial charge in [0.05, 0.1) is 12.2 Å². The van der Waals surface area contributed by atoms with Crippen molar-refractivity contribution in [1.29, 1.82) is 0 Å². The Balaban J connectivity index is 1.61. The highest BCUT2D eigenvalue weighted by Gasteiger charge is 2.12. The maximum atomic E-state index is 12.7. The van der Waals surface area contributed by atoms with Gasteiger partial charge in [-0.05, 0) is 29.1 Å². The molecule has 2 heterocycles. The first-order valence-corrected chi connectivity index (χ1v) is 9.57. The van der Waals surface area contributed by atoms with Gasteiger partial charge in [0.1, 0.15) is 10.8 Å². The second kappa shape index (κ2) is 8.07. The highest BCUT2D eigenvalue weighted by atomic mass is 35.5. The predicted octanol–water partition coefficient (Wildman–Crippen LogP) is 5.00. The van der Waals surface area contributed by atoms with Crippen molar-refractivity contribution < 1.29 is 4.79 Å². The average molecular weight is 424 g/mol. The molecule has 0 aliphatic heterocycles. The van der Waals surface area contributed by atoms with E-state index in [9.17, 15) is 9.59 Å². The van der Waals surface area contributed by atoms with E-state index in [4.69, 9.17) is 23.2 Å². The molecule has 2 aromatic carbocycles. The topological polar surface area (TPSA) is 64.0 Å². The van der Waals surface area contributed by atoms with E-state index in [1.165, 1.54) is 10.6 Å². The van der Waals surface area contributed by atoms with Gasteiger partial charge in [0.25, 0.3) is 11.5 Å². The predicted molar refractivity (Wildman–Crippen MR) is 116 cm³/mol. The Bertz CT molecular complexity index is 1280. The minimum atomic E-state index is -0.416. The van der Waals surface area contributed by atoms with Crippen molar-refractivity contribution >= 4 is 45.6 Å². The molecule has 0 saturated carbocycles. The van der Waals surface area contributed by atoms with Gasteiger partial charge >= 0.3 is 0 Å². The summed E-state index contributed by atoms with van der Waals surface area (Å²) in [4.78, 5) is 29.1. The molecule has 0 aliphatic carbocycles. The van der Waals surface area contributed by atoms with Gasteiger partial charge in [-0.1, -0.05) is 65.7 Å². The molecule has 4 rings (SSSR count). The first-order valence-electron chi connectivity index (χ1n) is 8.82. The Morgan fingerprint density at radius 2 is 1.76 bits per heavy atom. The molecule has 0 spiro atoms. The zero-order valence-corrected chi connectivity index (χ0v) is 16.6. The van der Waals surface area contributed by atoms with Gasteiger partial charge in [-0.3, -0.25) is 9.59 Å². The van der Waals surface area contributed by atoms with Gasteiger partial charge in [-0.2, -0.15) is 0 Å². The summed E-state index contributed by atoms with van der Waals surface area (Å²) in [6, 6.07) is 19.3. The number of hydrogen-bond acceptors (Lipinski definition) is 3. The number of pyridine rings is 2. The molecule has 1 N–H and O–H groups in total. The Morgan fingerprint density at radius 3 is 2.59 bits per heavy atom. The van der Waals surface area contributed by atoms with Gasteiger partial charge in [-0.15, -0.1) is 0 Å². The van der Waals surface area contributed by atoms with Crippen molar-refractivity contribution in [3.63, 3.8) is 0 Å². The number of nitrogens with zero attached hydrogens (tertiary/aromatic N) is 2. The lowest BCUT2D eigenvalue weighted by Crippen LogP contribution is -2.21. The van der Waals surface area contributed by atoms with Crippen molar-refractivity contribution in [1.82, 2.24) is 9.55 Å². The molecule has 0 unspecified atom stereocenters. The van der Waals surface area contributed by atoms with Crippen LogP contribution in [0.25, 0.3) is 10.8 Å². The molecule has 0 bridgehead atoms. The summed E-state index contributed by atoms with van der Waals surface area (Å²) in [5.74, 6) is -0.416. The monoisotopic (exact) mass is 423 g/mol.